The molecule has 2 rings (SSSR count). The molecule has 2 aromatic carbocycles. The summed E-state index contributed by atoms with van der Waals surface area (Å²) in [6, 6.07) is 16.4. The average molecular weight is 224 g/mol. The first-order valence-corrected chi connectivity index (χ1v) is 5.67. The van der Waals surface area contributed by atoms with Crippen LogP contribution in [0.1, 0.15) is 16.7 Å². The first kappa shape index (κ1) is 11.5. The zero-order valence-corrected chi connectivity index (χ0v) is 10.2. The molecule has 17 heavy (non-hydrogen) atoms. The van der Waals surface area contributed by atoms with E-state index >= 15 is 0 Å². The number of ether oxygens (including phenoxy) is 1. The van der Waals surface area contributed by atoms with Crippen LogP contribution in [0.25, 0.3) is 12.2 Å². The minimum Gasteiger partial charge on any atom is -0.497 e. The van der Waals surface area contributed by atoms with Gasteiger partial charge < -0.3 is 4.74 Å². The molecule has 0 unspecified atom stereocenters. The summed E-state index contributed by atoms with van der Waals surface area (Å²) in [5.41, 5.74) is 3.72. The van der Waals surface area contributed by atoms with Crippen molar-refractivity contribution in [3.63, 3.8) is 0 Å². The first-order chi connectivity index (χ1) is 8.29. The third-order valence-electron chi connectivity index (χ3n) is 2.76. The van der Waals surface area contributed by atoms with E-state index in [2.05, 4.69) is 43.3 Å². The number of hydrogen-bond donors (Lipinski definition) is 0. The van der Waals surface area contributed by atoms with Gasteiger partial charge in [-0.1, -0.05) is 48.6 Å². The maximum absolute atomic E-state index is 5.13. The van der Waals surface area contributed by atoms with Crippen LogP contribution in [0.3, 0.4) is 0 Å². The molecule has 0 saturated heterocycles. The highest BCUT2D eigenvalue weighted by Gasteiger charge is 1.92. The summed E-state index contributed by atoms with van der Waals surface area (Å²) in [6.07, 6.45) is 4.25. The van der Waals surface area contributed by atoms with Crippen molar-refractivity contribution in [3.8, 4) is 5.75 Å². The summed E-state index contributed by atoms with van der Waals surface area (Å²) < 4.78 is 5.13. The van der Waals surface area contributed by atoms with Crippen LogP contribution in [0.5, 0.6) is 5.75 Å². The molecule has 0 bridgehead atoms. The molecule has 0 aliphatic rings. The van der Waals surface area contributed by atoms with Crippen LogP contribution in [0.4, 0.5) is 0 Å². The van der Waals surface area contributed by atoms with Gasteiger partial charge in [0, 0.05) is 0 Å². The van der Waals surface area contributed by atoms with E-state index in [1.807, 2.05) is 24.3 Å². The molecule has 0 fully saturated rings. The van der Waals surface area contributed by atoms with Crippen LogP contribution < -0.4 is 4.74 Å². The summed E-state index contributed by atoms with van der Waals surface area (Å²) in [5.74, 6) is 0.887. The Balaban J connectivity index is 2.17. The fourth-order valence-corrected chi connectivity index (χ4v) is 1.67. The van der Waals surface area contributed by atoms with E-state index in [-0.39, 0.29) is 0 Å². The van der Waals surface area contributed by atoms with Crippen molar-refractivity contribution in [2.45, 2.75) is 6.92 Å². The van der Waals surface area contributed by atoms with Crippen molar-refractivity contribution in [1.29, 1.82) is 0 Å². The fourth-order valence-electron chi connectivity index (χ4n) is 1.67. The lowest BCUT2D eigenvalue weighted by molar-refractivity contribution is 0.415. The van der Waals surface area contributed by atoms with Crippen molar-refractivity contribution in [2.75, 3.05) is 7.11 Å². The van der Waals surface area contributed by atoms with Crippen molar-refractivity contribution in [3.05, 3.63) is 65.2 Å². The van der Waals surface area contributed by atoms with E-state index in [1.165, 1.54) is 16.7 Å². The SMILES string of the molecule is COc1ccc(/C=C\c2ccccc2C)cc1. The van der Waals surface area contributed by atoms with E-state index in [4.69, 9.17) is 4.74 Å². The molecule has 1 nitrogen and oxygen atoms in total. The normalized spacial score (nSPS) is 10.7. The van der Waals surface area contributed by atoms with E-state index in [0.717, 1.165) is 5.75 Å². The van der Waals surface area contributed by atoms with Gasteiger partial charge in [0.1, 0.15) is 5.75 Å². The molecule has 0 amide bonds. The third-order valence-corrected chi connectivity index (χ3v) is 2.76. The van der Waals surface area contributed by atoms with E-state index < -0.39 is 0 Å². The minimum atomic E-state index is 0.887. The maximum atomic E-state index is 5.13. The van der Waals surface area contributed by atoms with Crippen LogP contribution >= 0.6 is 0 Å². The van der Waals surface area contributed by atoms with Gasteiger partial charge in [0.05, 0.1) is 7.11 Å². The highest BCUT2D eigenvalue weighted by atomic mass is 16.5. The Labute approximate surface area is 102 Å². The standard InChI is InChI=1S/C16H16O/c1-13-5-3-4-6-15(13)10-7-14-8-11-16(17-2)12-9-14/h3-12H,1-2H3/b10-7-. The highest BCUT2D eigenvalue weighted by Crippen LogP contribution is 2.15. The Hall–Kier alpha value is -2.02. The van der Waals surface area contributed by atoms with E-state index in [9.17, 15) is 0 Å². The van der Waals surface area contributed by atoms with Gasteiger partial charge in [-0.2, -0.15) is 0 Å². The van der Waals surface area contributed by atoms with Gasteiger partial charge in [0.15, 0.2) is 0 Å². The molecule has 0 heterocycles. The number of benzene rings is 2. The Kier molecular flexibility index (Phi) is 3.61. The Bertz CT molecular complexity index is 509. The molecule has 0 atom stereocenters. The lowest BCUT2D eigenvalue weighted by Gasteiger charge is -2.00. The van der Waals surface area contributed by atoms with Gasteiger partial charge in [-0.15, -0.1) is 0 Å². The second-order valence-corrected chi connectivity index (χ2v) is 3.96. The van der Waals surface area contributed by atoms with Crippen molar-refractivity contribution < 1.29 is 4.74 Å². The number of hydrogen-bond acceptors (Lipinski definition) is 1. The van der Waals surface area contributed by atoms with Crippen molar-refractivity contribution in [2.24, 2.45) is 0 Å². The fraction of sp³-hybridized carbons (Fsp3) is 0.125. The smallest absolute Gasteiger partial charge is 0.118 e. The highest BCUT2D eigenvalue weighted by molar-refractivity contribution is 5.71. The second-order valence-electron chi connectivity index (χ2n) is 3.96. The molecule has 0 spiro atoms. The van der Waals surface area contributed by atoms with Crippen molar-refractivity contribution >= 4 is 12.2 Å². The van der Waals surface area contributed by atoms with Crippen LogP contribution in [0, 0.1) is 6.92 Å². The monoisotopic (exact) mass is 224 g/mol. The molecule has 0 N–H and O–H groups in total. The summed E-state index contributed by atoms with van der Waals surface area (Å²) in [7, 11) is 1.68. The topological polar surface area (TPSA) is 9.23 Å². The zero-order chi connectivity index (χ0) is 12.1. The number of rotatable bonds is 3. The van der Waals surface area contributed by atoms with Crippen LogP contribution in [-0.4, -0.2) is 7.11 Å². The second kappa shape index (κ2) is 5.35. The Morgan fingerprint density at radius 2 is 1.59 bits per heavy atom. The lowest BCUT2D eigenvalue weighted by atomic mass is 10.1. The molecular formula is C16H16O. The lowest BCUT2D eigenvalue weighted by Crippen LogP contribution is -1.81. The van der Waals surface area contributed by atoms with Gasteiger partial charge in [-0.05, 0) is 35.7 Å². The zero-order valence-electron chi connectivity index (χ0n) is 10.2. The van der Waals surface area contributed by atoms with E-state index in [0.29, 0.717) is 0 Å². The van der Waals surface area contributed by atoms with Crippen LogP contribution in [-0.2, 0) is 0 Å². The van der Waals surface area contributed by atoms with Crippen LogP contribution in [0.2, 0.25) is 0 Å². The summed E-state index contributed by atoms with van der Waals surface area (Å²) in [6.45, 7) is 2.12. The van der Waals surface area contributed by atoms with Gasteiger partial charge in [0.25, 0.3) is 0 Å². The maximum Gasteiger partial charge on any atom is 0.118 e. The largest absolute Gasteiger partial charge is 0.497 e. The number of aryl methyl sites for hydroxylation is 1. The van der Waals surface area contributed by atoms with Crippen LogP contribution in [0.15, 0.2) is 48.5 Å². The predicted molar refractivity (Wildman–Crippen MR) is 73.1 cm³/mol. The van der Waals surface area contributed by atoms with Gasteiger partial charge in [-0.25, -0.2) is 0 Å². The quantitative estimate of drug-likeness (QED) is 0.711. The molecule has 1 heteroatoms. The molecule has 0 aliphatic carbocycles. The predicted octanol–water partition coefficient (Wildman–Crippen LogP) is 4.17. The Morgan fingerprint density at radius 3 is 2.24 bits per heavy atom. The molecule has 0 saturated carbocycles. The summed E-state index contributed by atoms with van der Waals surface area (Å²) in [5, 5.41) is 0. The first-order valence-electron chi connectivity index (χ1n) is 5.67. The van der Waals surface area contributed by atoms with Gasteiger partial charge >= 0.3 is 0 Å². The Morgan fingerprint density at radius 1 is 0.882 bits per heavy atom. The van der Waals surface area contributed by atoms with Gasteiger partial charge in [-0.3, -0.25) is 0 Å². The molecule has 0 aromatic heterocycles. The van der Waals surface area contributed by atoms with Crippen molar-refractivity contribution in [1.82, 2.24) is 0 Å². The third kappa shape index (κ3) is 2.97. The molecule has 0 radical (unpaired) electrons. The molecule has 0 aliphatic heterocycles. The molecule has 2 aromatic rings. The molecular weight excluding hydrogens is 208 g/mol. The molecule has 86 valence electrons. The summed E-state index contributed by atoms with van der Waals surface area (Å²) >= 11 is 0. The van der Waals surface area contributed by atoms with E-state index in [1.54, 1.807) is 7.11 Å². The minimum absolute atomic E-state index is 0.887. The number of methoxy groups -OCH3 is 1. The average Bonchev–Trinajstić information content (AvgIpc) is 2.38. The summed E-state index contributed by atoms with van der Waals surface area (Å²) in [4.78, 5) is 0. The van der Waals surface area contributed by atoms with Gasteiger partial charge in [0.2, 0.25) is 0 Å².